The van der Waals surface area contributed by atoms with Crippen molar-refractivity contribution >= 4 is 39.1 Å². The Hall–Kier alpha value is -2.24. The third-order valence-corrected chi connectivity index (χ3v) is 4.44. The third-order valence-electron chi connectivity index (χ3n) is 3.63. The summed E-state index contributed by atoms with van der Waals surface area (Å²) in [5.74, 6) is -0.807. The lowest BCUT2D eigenvalue weighted by Gasteiger charge is -2.10. The van der Waals surface area contributed by atoms with E-state index in [1.54, 1.807) is 19.1 Å². The summed E-state index contributed by atoms with van der Waals surface area (Å²) in [5, 5.41) is 2.82. The predicted molar refractivity (Wildman–Crippen MR) is 101 cm³/mol. The molecular weight excluding hydrogens is 407 g/mol. The fourth-order valence-corrected chi connectivity index (χ4v) is 3.00. The van der Waals surface area contributed by atoms with Gasteiger partial charge in [-0.2, -0.15) is 0 Å². The number of hydrogen-bond acceptors (Lipinski definition) is 2. The van der Waals surface area contributed by atoms with E-state index >= 15 is 0 Å². The average molecular weight is 420 g/mol. The van der Waals surface area contributed by atoms with Crippen molar-refractivity contribution in [1.82, 2.24) is 4.98 Å². The van der Waals surface area contributed by atoms with Gasteiger partial charge in [0, 0.05) is 10.0 Å². The first-order valence-electron chi connectivity index (χ1n) is 7.44. The van der Waals surface area contributed by atoms with Crippen LogP contribution in [0.15, 0.2) is 59.1 Å². The summed E-state index contributed by atoms with van der Waals surface area (Å²) in [6, 6.07) is 15.1. The molecule has 3 rings (SSSR count). The lowest BCUT2D eigenvalue weighted by atomic mass is 10.1. The predicted octanol–water partition coefficient (Wildman–Crippen LogP) is 5.86. The molecule has 0 spiro atoms. The zero-order valence-corrected chi connectivity index (χ0v) is 15.5. The first kappa shape index (κ1) is 17.6. The van der Waals surface area contributed by atoms with E-state index in [-0.39, 0.29) is 10.9 Å². The molecule has 3 nitrogen and oxygen atoms in total. The average Bonchev–Trinajstić information content (AvgIpc) is 2.57. The van der Waals surface area contributed by atoms with Gasteiger partial charge in [-0.25, -0.2) is 4.39 Å². The van der Waals surface area contributed by atoms with Crippen molar-refractivity contribution in [3.05, 3.63) is 81.2 Å². The number of hydrogen-bond donors (Lipinski definition) is 1. The second-order valence-electron chi connectivity index (χ2n) is 5.42. The van der Waals surface area contributed by atoms with E-state index in [4.69, 9.17) is 11.6 Å². The number of aryl methyl sites for hydroxylation is 1. The number of anilines is 1. The van der Waals surface area contributed by atoms with Gasteiger partial charge in [-0.05, 0) is 49.4 Å². The summed E-state index contributed by atoms with van der Waals surface area (Å²) in [7, 11) is 0. The standard InChI is InChI=1S/C19H13BrClFN2O/c1-11-15(19(25)24-18-7-5-14(22)10-16(18)21)6-8-17(23-11)12-3-2-4-13(20)9-12/h2-10H,1H3,(H,24,25). The maximum atomic E-state index is 13.1. The topological polar surface area (TPSA) is 42.0 Å². The number of benzene rings is 2. The quantitative estimate of drug-likeness (QED) is 0.577. The van der Waals surface area contributed by atoms with Gasteiger partial charge >= 0.3 is 0 Å². The van der Waals surface area contributed by atoms with E-state index in [0.29, 0.717) is 16.9 Å². The SMILES string of the molecule is Cc1nc(-c2cccc(Br)c2)ccc1C(=O)Nc1ccc(F)cc1Cl. The first-order valence-corrected chi connectivity index (χ1v) is 8.61. The van der Waals surface area contributed by atoms with Crippen LogP contribution < -0.4 is 5.32 Å². The van der Waals surface area contributed by atoms with Crippen molar-refractivity contribution < 1.29 is 9.18 Å². The van der Waals surface area contributed by atoms with Gasteiger partial charge in [-0.15, -0.1) is 0 Å². The molecule has 0 saturated carbocycles. The molecule has 0 aliphatic rings. The van der Waals surface area contributed by atoms with E-state index in [0.717, 1.165) is 21.8 Å². The maximum absolute atomic E-state index is 13.1. The van der Waals surface area contributed by atoms with Gasteiger partial charge in [-0.3, -0.25) is 9.78 Å². The molecule has 0 aliphatic carbocycles. The molecule has 2 aromatic carbocycles. The highest BCUT2D eigenvalue weighted by Crippen LogP contribution is 2.25. The van der Waals surface area contributed by atoms with Crippen molar-refractivity contribution in [2.24, 2.45) is 0 Å². The van der Waals surface area contributed by atoms with Crippen LogP contribution in [-0.2, 0) is 0 Å². The highest BCUT2D eigenvalue weighted by atomic mass is 79.9. The summed E-state index contributed by atoms with van der Waals surface area (Å²) in [6.45, 7) is 1.77. The van der Waals surface area contributed by atoms with Gasteiger partial charge in [-0.1, -0.05) is 39.7 Å². The summed E-state index contributed by atoms with van der Waals surface area (Å²) in [4.78, 5) is 17.0. The Morgan fingerprint density at radius 3 is 2.64 bits per heavy atom. The lowest BCUT2D eigenvalue weighted by Crippen LogP contribution is -2.14. The Bertz CT molecular complexity index is 962. The number of nitrogens with one attached hydrogen (secondary N) is 1. The molecule has 0 fully saturated rings. The van der Waals surface area contributed by atoms with Crippen LogP contribution >= 0.6 is 27.5 Å². The van der Waals surface area contributed by atoms with E-state index in [9.17, 15) is 9.18 Å². The summed E-state index contributed by atoms with van der Waals surface area (Å²) < 4.78 is 14.1. The Morgan fingerprint density at radius 2 is 1.96 bits per heavy atom. The molecular formula is C19H13BrClFN2O. The molecule has 1 heterocycles. The minimum Gasteiger partial charge on any atom is -0.321 e. The van der Waals surface area contributed by atoms with Crippen LogP contribution in [0.1, 0.15) is 16.1 Å². The Morgan fingerprint density at radius 1 is 1.16 bits per heavy atom. The van der Waals surface area contributed by atoms with Crippen molar-refractivity contribution in [3.63, 3.8) is 0 Å². The molecule has 1 amide bonds. The fraction of sp³-hybridized carbons (Fsp3) is 0.0526. The zero-order valence-electron chi connectivity index (χ0n) is 13.2. The third kappa shape index (κ3) is 4.06. The number of aromatic nitrogens is 1. The van der Waals surface area contributed by atoms with Gasteiger partial charge in [0.2, 0.25) is 0 Å². The number of carbonyl (C=O) groups is 1. The summed E-state index contributed by atoms with van der Waals surface area (Å²) in [6.07, 6.45) is 0. The number of halogens is 3. The molecule has 126 valence electrons. The molecule has 0 radical (unpaired) electrons. The fourth-order valence-electron chi connectivity index (χ4n) is 2.39. The van der Waals surface area contributed by atoms with Crippen molar-refractivity contribution in [2.75, 3.05) is 5.32 Å². The van der Waals surface area contributed by atoms with E-state index < -0.39 is 5.82 Å². The number of carbonyl (C=O) groups excluding carboxylic acids is 1. The van der Waals surface area contributed by atoms with Crippen LogP contribution in [0.5, 0.6) is 0 Å². The van der Waals surface area contributed by atoms with Crippen LogP contribution in [0.4, 0.5) is 10.1 Å². The van der Waals surface area contributed by atoms with Crippen molar-refractivity contribution in [1.29, 1.82) is 0 Å². The van der Waals surface area contributed by atoms with Gasteiger partial charge in [0.15, 0.2) is 0 Å². The molecule has 0 bridgehead atoms. The van der Waals surface area contributed by atoms with E-state index in [2.05, 4.69) is 26.2 Å². The van der Waals surface area contributed by atoms with E-state index in [1.807, 2.05) is 24.3 Å². The zero-order chi connectivity index (χ0) is 18.0. The normalized spacial score (nSPS) is 10.6. The number of pyridine rings is 1. The van der Waals surface area contributed by atoms with Gasteiger partial charge in [0.25, 0.3) is 5.91 Å². The molecule has 3 aromatic rings. The molecule has 25 heavy (non-hydrogen) atoms. The molecule has 6 heteroatoms. The Balaban J connectivity index is 1.86. The first-order chi connectivity index (χ1) is 11.9. The van der Waals surface area contributed by atoms with Crippen LogP contribution in [0.25, 0.3) is 11.3 Å². The maximum Gasteiger partial charge on any atom is 0.257 e. The highest BCUT2D eigenvalue weighted by molar-refractivity contribution is 9.10. The Labute approximate surface area is 158 Å². The molecule has 0 unspecified atom stereocenters. The largest absolute Gasteiger partial charge is 0.321 e. The Kier molecular flexibility index (Phi) is 5.16. The molecule has 1 aromatic heterocycles. The lowest BCUT2D eigenvalue weighted by molar-refractivity contribution is 0.102. The molecule has 0 atom stereocenters. The van der Waals surface area contributed by atoms with Crippen LogP contribution in [0.3, 0.4) is 0 Å². The number of rotatable bonds is 3. The minimum absolute atomic E-state index is 0.143. The van der Waals surface area contributed by atoms with Crippen LogP contribution in [-0.4, -0.2) is 10.9 Å². The minimum atomic E-state index is -0.459. The molecule has 1 N–H and O–H groups in total. The van der Waals surface area contributed by atoms with Gasteiger partial charge < -0.3 is 5.32 Å². The second-order valence-corrected chi connectivity index (χ2v) is 6.74. The van der Waals surface area contributed by atoms with E-state index in [1.165, 1.54) is 12.1 Å². The van der Waals surface area contributed by atoms with Crippen molar-refractivity contribution in [2.45, 2.75) is 6.92 Å². The van der Waals surface area contributed by atoms with Crippen molar-refractivity contribution in [3.8, 4) is 11.3 Å². The molecule has 0 aliphatic heterocycles. The second kappa shape index (κ2) is 7.33. The van der Waals surface area contributed by atoms with Crippen LogP contribution in [0, 0.1) is 12.7 Å². The molecule has 0 saturated heterocycles. The number of amides is 1. The monoisotopic (exact) mass is 418 g/mol. The summed E-state index contributed by atoms with van der Waals surface area (Å²) >= 11 is 9.38. The van der Waals surface area contributed by atoms with Gasteiger partial charge in [0.05, 0.1) is 27.7 Å². The highest BCUT2D eigenvalue weighted by Gasteiger charge is 2.13. The van der Waals surface area contributed by atoms with Crippen LogP contribution in [0.2, 0.25) is 5.02 Å². The number of nitrogens with zero attached hydrogens (tertiary/aromatic N) is 1. The summed E-state index contributed by atoms with van der Waals surface area (Å²) in [5.41, 5.74) is 3.09. The van der Waals surface area contributed by atoms with Gasteiger partial charge in [0.1, 0.15) is 5.82 Å². The smallest absolute Gasteiger partial charge is 0.257 e.